The van der Waals surface area contributed by atoms with Gasteiger partial charge in [0.15, 0.2) is 0 Å². The van der Waals surface area contributed by atoms with Crippen LogP contribution in [0.15, 0.2) is 24.3 Å². The normalized spacial score (nSPS) is 12.5. The molecule has 1 rings (SSSR count). The van der Waals surface area contributed by atoms with E-state index in [-0.39, 0.29) is 18.8 Å². The molecule has 0 bridgehead atoms. The number of amides is 1. The summed E-state index contributed by atoms with van der Waals surface area (Å²) in [4.78, 5) is 36.2. The van der Waals surface area contributed by atoms with Crippen LogP contribution in [0, 0.1) is 0 Å². The monoisotopic (exact) mass is 409 g/mol. The number of ether oxygens (including phenoxy) is 4. The van der Waals surface area contributed by atoms with Gasteiger partial charge in [-0.1, -0.05) is 12.1 Å². The molecule has 0 aliphatic carbocycles. The Kier molecular flexibility index (Phi) is 8.48. The minimum Gasteiger partial charge on any atom is -0.464 e. The second-order valence-corrected chi connectivity index (χ2v) is 8.37. The summed E-state index contributed by atoms with van der Waals surface area (Å²) in [7, 11) is 0. The maximum atomic E-state index is 12.3. The van der Waals surface area contributed by atoms with E-state index < -0.39 is 35.5 Å². The van der Waals surface area contributed by atoms with Crippen molar-refractivity contribution in [3.63, 3.8) is 0 Å². The van der Waals surface area contributed by atoms with Crippen molar-refractivity contribution in [2.45, 2.75) is 72.1 Å². The Bertz CT molecular complexity index is 716. The number of rotatable bonds is 6. The van der Waals surface area contributed by atoms with E-state index in [1.807, 2.05) is 0 Å². The van der Waals surface area contributed by atoms with Crippen LogP contribution in [0.5, 0.6) is 5.75 Å². The molecule has 162 valence electrons. The van der Waals surface area contributed by atoms with Gasteiger partial charge in [-0.3, -0.25) is 0 Å². The van der Waals surface area contributed by atoms with Crippen molar-refractivity contribution in [2.24, 2.45) is 0 Å². The van der Waals surface area contributed by atoms with Crippen LogP contribution in [0.4, 0.5) is 9.59 Å². The number of hydrogen-bond acceptors (Lipinski definition) is 7. The molecule has 1 amide bonds. The van der Waals surface area contributed by atoms with Crippen molar-refractivity contribution in [3.05, 3.63) is 29.8 Å². The quantitative estimate of drug-likeness (QED) is 0.430. The summed E-state index contributed by atoms with van der Waals surface area (Å²) in [6.07, 6.45) is -1.43. The fourth-order valence-corrected chi connectivity index (χ4v) is 2.22. The van der Waals surface area contributed by atoms with E-state index in [1.54, 1.807) is 72.7 Å². The molecule has 0 saturated heterocycles. The fourth-order valence-electron chi connectivity index (χ4n) is 2.22. The van der Waals surface area contributed by atoms with Crippen LogP contribution < -0.4 is 10.1 Å². The van der Waals surface area contributed by atoms with Crippen LogP contribution in [-0.2, 0) is 25.4 Å². The van der Waals surface area contributed by atoms with Gasteiger partial charge in [-0.05, 0) is 66.2 Å². The molecule has 8 heteroatoms. The molecule has 0 heterocycles. The zero-order valence-electron chi connectivity index (χ0n) is 18.2. The molecule has 29 heavy (non-hydrogen) atoms. The molecule has 0 aliphatic heterocycles. The van der Waals surface area contributed by atoms with E-state index in [1.165, 1.54) is 0 Å². The second-order valence-electron chi connectivity index (χ2n) is 8.37. The third-order valence-electron chi connectivity index (χ3n) is 3.19. The molecule has 1 unspecified atom stereocenters. The summed E-state index contributed by atoms with van der Waals surface area (Å²) in [5.74, 6) is -0.326. The molecular weight excluding hydrogens is 378 g/mol. The highest BCUT2D eigenvalue weighted by molar-refractivity contribution is 5.81. The van der Waals surface area contributed by atoms with Gasteiger partial charge in [0.25, 0.3) is 0 Å². The van der Waals surface area contributed by atoms with Crippen molar-refractivity contribution in [2.75, 3.05) is 6.61 Å². The van der Waals surface area contributed by atoms with Crippen molar-refractivity contribution in [1.82, 2.24) is 5.32 Å². The lowest BCUT2D eigenvalue weighted by Crippen LogP contribution is -2.45. The highest BCUT2D eigenvalue weighted by Gasteiger charge is 2.26. The van der Waals surface area contributed by atoms with E-state index >= 15 is 0 Å². The molecule has 0 aliphatic rings. The molecule has 0 radical (unpaired) electrons. The van der Waals surface area contributed by atoms with E-state index in [2.05, 4.69) is 5.32 Å². The number of carbonyl (C=O) groups excluding carboxylic acids is 3. The number of hydrogen-bond donors (Lipinski definition) is 1. The Morgan fingerprint density at radius 3 is 2.17 bits per heavy atom. The zero-order valence-corrected chi connectivity index (χ0v) is 18.2. The SMILES string of the molecule is CCOC(=O)C(Cc1cccc(OC(=O)OC(C)(C)C)c1)NC(=O)OC(C)(C)C. The van der Waals surface area contributed by atoms with Crippen LogP contribution in [0.3, 0.4) is 0 Å². The Hall–Kier alpha value is -2.77. The smallest absolute Gasteiger partial charge is 0.464 e. The van der Waals surface area contributed by atoms with Crippen molar-refractivity contribution in [3.8, 4) is 5.75 Å². The van der Waals surface area contributed by atoms with Gasteiger partial charge in [0.1, 0.15) is 23.0 Å². The summed E-state index contributed by atoms with van der Waals surface area (Å²) in [6.45, 7) is 12.2. The molecular formula is C21H31NO7. The molecule has 0 fully saturated rings. The van der Waals surface area contributed by atoms with Crippen LogP contribution in [0.2, 0.25) is 0 Å². The number of esters is 1. The van der Waals surface area contributed by atoms with Gasteiger partial charge in [0.05, 0.1) is 6.61 Å². The Labute approximate surface area is 171 Å². The van der Waals surface area contributed by atoms with Crippen molar-refractivity contribution >= 4 is 18.2 Å². The van der Waals surface area contributed by atoms with Crippen LogP contribution in [-0.4, -0.2) is 42.1 Å². The summed E-state index contributed by atoms with van der Waals surface area (Å²) >= 11 is 0. The Morgan fingerprint density at radius 2 is 1.62 bits per heavy atom. The second kappa shape index (κ2) is 10.1. The van der Waals surface area contributed by atoms with E-state index in [0.29, 0.717) is 5.56 Å². The van der Waals surface area contributed by atoms with Crippen LogP contribution >= 0.6 is 0 Å². The molecule has 1 aromatic rings. The molecule has 0 aromatic heterocycles. The fraction of sp³-hybridized carbons (Fsp3) is 0.571. The van der Waals surface area contributed by atoms with Crippen molar-refractivity contribution in [1.29, 1.82) is 0 Å². The van der Waals surface area contributed by atoms with Crippen LogP contribution in [0.25, 0.3) is 0 Å². The topological polar surface area (TPSA) is 100 Å². The Morgan fingerprint density at radius 1 is 1.00 bits per heavy atom. The highest BCUT2D eigenvalue weighted by Crippen LogP contribution is 2.18. The van der Waals surface area contributed by atoms with E-state index in [9.17, 15) is 14.4 Å². The first-order chi connectivity index (χ1) is 13.3. The Balaban J connectivity index is 2.89. The maximum Gasteiger partial charge on any atom is 0.514 e. The van der Waals surface area contributed by atoms with Gasteiger partial charge in [0.2, 0.25) is 0 Å². The lowest BCUT2D eigenvalue weighted by atomic mass is 10.1. The summed E-state index contributed by atoms with van der Waals surface area (Å²) in [5.41, 5.74) is -0.730. The maximum absolute atomic E-state index is 12.3. The lowest BCUT2D eigenvalue weighted by molar-refractivity contribution is -0.145. The molecule has 1 aromatic carbocycles. The largest absolute Gasteiger partial charge is 0.514 e. The number of nitrogens with one attached hydrogen (secondary N) is 1. The first-order valence-electron chi connectivity index (χ1n) is 9.45. The number of alkyl carbamates (subject to hydrolysis) is 1. The van der Waals surface area contributed by atoms with Gasteiger partial charge in [0, 0.05) is 6.42 Å². The average Bonchev–Trinajstić information content (AvgIpc) is 2.51. The van der Waals surface area contributed by atoms with Crippen LogP contribution in [0.1, 0.15) is 54.0 Å². The van der Waals surface area contributed by atoms with Gasteiger partial charge >= 0.3 is 18.2 Å². The standard InChI is InChI=1S/C21H31NO7/c1-8-26-17(23)16(22-18(24)28-20(2,3)4)13-14-10-9-11-15(12-14)27-19(25)29-21(5,6)7/h9-12,16H,8,13H2,1-7H3,(H,22,24). The van der Waals surface area contributed by atoms with Gasteiger partial charge in [-0.15, -0.1) is 0 Å². The molecule has 1 N–H and O–H groups in total. The molecule has 0 spiro atoms. The first kappa shape index (κ1) is 24.3. The third kappa shape index (κ3) is 10.4. The molecule has 0 saturated carbocycles. The summed E-state index contributed by atoms with van der Waals surface area (Å²) in [5, 5.41) is 2.53. The lowest BCUT2D eigenvalue weighted by Gasteiger charge is -2.23. The third-order valence-corrected chi connectivity index (χ3v) is 3.19. The minimum atomic E-state index is -0.957. The highest BCUT2D eigenvalue weighted by atomic mass is 16.7. The minimum absolute atomic E-state index is 0.129. The van der Waals surface area contributed by atoms with Crippen molar-refractivity contribution < 1.29 is 33.3 Å². The van der Waals surface area contributed by atoms with E-state index in [4.69, 9.17) is 18.9 Å². The molecule has 1 atom stereocenters. The average molecular weight is 409 g/mol. The summed E-state index contributed by atoms with van der Waals surface area (Å²) < 4.78 is 20.6. The van der Waals surface area contributed by atoms with Gasteiger partial charge in [-0.25, -0.2) is 14.4 Å². The number of carbonyl (C=O) groups is 3. The van der Waals surface area contributed by atoms with Gasteiger partial charge in [-0.2, -0.15) is 0 Å². The number of benzene rings is 1. The van der Waals surface area contributed by atoms with Gasteiger partial charge < -0.3 is 24.3 Å². The zero-order chi connectivity index (χ0) is 22.2. The first-order valence-corrected chi connectivity index (χ1v) is 9.45. The predicted molar refractivity (Wildman–Crippen MR) is 107 cm³/mol. The summed E-state index contributed by atoms with van der Waals surface area (Å²) in [6, 6.07) is 5.64. The predicted octanol–water partition coefficient (Wildman–Crippen LogP) is 4.00. The molecule has 8 nitrogen and oxygen atoms in total. The van der Waals surface area contributed by atoms with E-state index in [0.717, 1.165) is 0 Å².